The van der Waals surface area contributed by atoms with Crippen molar-refractivity contribution in [3.8, 4) is 0 Å². The van der Waals surface area contributed by atoms with Crippen molar-refractivity contribution in [1.82, 2.24) is 4.72 Å². The van der Waals surface area contributed by atoms with Crippen LogP contribution in [0.15, 0.2) is 29.2 Å². The van der Waals surface area contributed by atoms with Gasteiger partial charge in [0.05, 0.1) is 12.3 Å². The number of aliphatic hydroxyl groups is 1. The van der Waals surface area contributed by atoms with Gasteiger partial charge in [0.15, 0.2) is 0 Å². The lowest BCUT2D eigenvalue weighted by molar-refractivity contribution is 0.301. The van der Waals surface area contributed by atoms with Crippen molar-refractivity contribution < 1.29 is 13.5 Å². The van der Waals surface area contributed by atoms with E-state index in [9.17, 15) is 13.5 Å². The third kappa shape index (κ3) is 5.30. The number of aliphatic hydroxyl groups excluding tert-OH is 1. The third-order valence-electron chi connectivity index (χ3n) is 3.04. The Morgan fingerprint density at radius 1 is 1.24 bits per heavy atom. The van der Waals surface area contributed by atoms with Gasteiger partial charge in [0, 0.05) is 19.1 Å². The number of para-hydroxylation sites is 1. The largest absolute Gasteiger partial charge is 0.395 e. The predicted octanol–water partition coefficient (Wildman–Crippen LogP) is 1.97. The van der Waals surface area contributed by atoms with Crippen LogP contribution in [0.4, 0.5) is 5.69 Å². The van der Waals surface area contributed by atoms with Crippen LogP contribution in [0.3, 0.4) is 0 Å². The van der Waals surface area contributed by atoms with Gasteiger partial charge in [0.2, 0.25) is 10.0 Å². The van der Waals surface area contributed by atoms with Crippen molar-refractivity contribution in [3.63, 3.8) is 0 Å². The lowest BCUT2D eigenvalue weighted by Crippen LogP contribution is -2.34. The lowest BCUT2D eigenvalue weighted by Gasteiger charge is -2.26. The summed E-state index contributed by atoms with van der Waals surface area (Å²) in [5.41, 5.74) is 0.646. The van der Waals surface area contributed by atoms with Crippen LogP contribution in [0, 0.1) is 0 Å². The van der Waals surface area contributed by atoms with E-state index in [0.717, 1.165) is 19.4 Å². The molecule has 0 saturated carbocycles. The van der Waals surface area contributed by atoms with Crippen LogP contribution < -0.4 is 9.62 Å². The van der Waals surface area contributed by atoms with Gasteiger partial charge in [-0.1, -0.05) is 25.5 Å². The topological polar surface area (TPSA) is 69.6 Å². The highest BCUT2D eigenvalue weighted by molar-refractivity contribution is 7.89. The molecular formula is C15H26N2O3S. The van der Waals surface area contributed by atoms with Crippen molar-refractivity contribution in [2.45, 2.75) is 44.6 Å². The van der Waals surface area contributed by atoms with Gasteiger partial charge < -0.3 is 10.0 Å². The van der Waals surface area contributed by atoms with E-state index < -0.39 is 10.0 Å². The average molecular weight is 314 g/mol. The number of hydrogen-bond acceptors (Lipinski definition) is 4. The molecule has 120 valence electrons. The summed E-state index contributed by atoms with van der Waals surface area (Å²) in [4.78, 5) is 2.20. The minimum absolute atomic E-state index is 0.00426. The van der Waals surface area contributed by atoms with Crippen LogP contribution in [0.25, 0.3) is 0 Å². The van der Waals surface area contributed by atoms with E-state index in [0.29, 0.717) is 12.2 Å². The summed E-state index contributed by atoms with van der Waals surface area (Å²) in [6.45, 7) is 6.82. The SMILES string of the molecule is CCCCN(CCO)c1ccccc1S(=O)(=O)NC(C)C. The molecule has 1 aromatic carbocycles. The Kier molecular flexibility index (Phi) is 7.14. The highest BCUT2D eigenvalue weighted by Gasteiger charge is 2.21. The van der Waals surface area contributed by atoms with Crippen molar-refractivity contribution in [2.75, 3.05) is 24.6 Å². The second-order valence-electron chi connectivity index (χ2n) is 5.31. The Morgan fingerprint density at radius 2 is 1.90 bits per heavy atom. The van der Waals surface area contributed by atoms with E-state index in [1.165, 1.54) is 0 Å². The van der Waals surface area contributed by atoms with Crippen LogP contribution in [0.2, 0.25) is 0 Å². The molecule has 0 aliphatic carbocycles. The van der Waals surface area contributed by atoms with Crippen molar-refractivity contribution >= 4 is 15.7 Å². The van der Waals surface area contributed by atoms with Crippen LogP contribution in [-0.4, -0.2) is 39.3 Å². The monoisotopic (exact) mass is 314 g/mol. The van der Waals surface area contributed by atoms with Gasteiger partial charge in [-0.3, -0.25) is 0 Å². The fraction of sp³-hybridized carbons (Fsp3) is 0.600. The number of hydrogen-bond donors (Lipinski definition) is 2. The van der Waals surface area contributed by atoms with Crippen LogP contribution in [0.1, 0.15) is 33.6 Å². The Labute approximate surface area is 128 Å². The molecule has 21 heavy (non-hydrogen) atoms. The molecule has 1 rings (SSSR count). The number of anilines is 1. The zero-order chi connectivity index (χ0) is 15.9. The molecule has 0 saturated heterocycles. The molecule has 0 aromatic heterocycles. The molecule has 0 aliphatic rings. The van der Waals surface area contributed by atoms with Gasteiger partial charge in [-0.05, 0) is 32.4 Å². The fourth-order valence-corrected chi connectivity index (χ4v) is 3.62. The normalized spacial score (nSPS) is 11.9. The molecular weight excluding hydrogens is 288 g/mol. The zero-order valence-corrected chi connectivity index (χ0v) is 13.9. The maximum absolute atomic E-state index is 12.4. The summed E-state index contributed by atoms with van der Waals surface area (Å²) < 4.78 is 27.5. The van der Waals surface area contributed by atoms with Gasteiger partial charge in [0.1, 0.15) is 4.90 Å². The first-order valence-electron chi connectivity index (χ1n) is 7.39. The number of nitrogens with one attached hydrogen (secondary N) is 1. The van der Waals surface area contributed by atoms with Gasteiger partial charge in [-0.2, -0.15) is 0 Å². The van der Waals surface area contributed by atoms with E-state index in [1.807, 2.05) is 11.0 Å². The predicted molar refractivity (Wildman–Crippen MR) is 86.1 cm³/mol. The van der Waals surface area contributed by atoms with Gasteiger partial charge >= 0.3 is 0 Å². The van der Waals surface area contributed by atoms with Crippen molar-refractivity contribution in [2.24, 2.45) is 0 Å². The summed E-state index contributed by atoms with van der Waals surface area (Å²) in [5, 5.41) is 9.23. The maximum atomic E-state index is 12.4. The number of unbranched alkanes of at least 4 members (excludes halogenated alkanes) is 1. The molecule has 0 atom stereocenters. The average Bonchev–Trinajstić information content (AvgIpc) is 2.42. The van der Waals surface area contributed by atoms with E-state index in [4.69, 9.17) is 0 Å². The first-order chi connectivity index (χ1) is 9.92. The first kappa shape index (κ1) is 17.9. The Hall–Kier alpha value is -1.11. The van der Waals surface area contributed by atoms with E-state index >= 15 is 0 Å². The number of rotatable bonds is 9. The van der Waals surface area contributed by atoms with E-state index in [2.05, 4.69) is 11.6 Å². The Bertz CT molecular complexity index is 529. The highest BCUT2D eigenvalue weighted by atomic mass is 32.2. The first-order valence-corrected chi connectivity index (χ1v) is 8.87. The molecule has 0 fully saturated rings. The summed E-state index contributed by atoms with van der Waals surface area (Å²) in [6.07, 6.45) is 1.97. The minimum atomic E-state index is -3.55. The molecule has 0 amide bonds. The second-order valence-corrected chi connectivity index (χ2v) is 6.99. The summed E-state index contributed by atoms with van der Waals surface area (Å²) in [7, 11) is -3.55. The molecule has 0 radical (unpaired) electrons. The molecule has 0 bridgehead atoms. The van der Waals surface area contributed by atoms with E-state index in [1.54, 1.807) is 32.0 Å². The van der Waals surface area contributed by atoms with Gasteiger partial charge in [0.25, 0.3) is 0 Å². The lowest BCUT2D eigenvalue weighted by atomic mass is 10.2. The van der Waals surface area contributed by atoms with Gasteiger partial charge in [-0.15, -0.1) is 0 Å². The molecule has 0 heterocycles. The second kappa shape index (κ2) is 8.36. The minimum Gasteiger partial charge on any atom is -0.395 e. The number of benzene rings is 1. The molecule has 5 nitrogen and oxygen atoms in total. The summed E-state index contributed by atoms with van der Waals surface area (Å²) in [6, 6.07) is 6.77. The van der Waals surface area contributed by atoms with Crippen molar-refractivity contribution in [1.29, 1.82) is 0 Å². The zero-order valence-electron chi connectivity index (χ0n) is 13.0. The molecule has 0 aliphatic heterocycles. The third-order valence-corrected chi connectivity index (χ3v) is 4.74. The van der Waals surface area contributed by atoms with Crippen LogP contribution >= 0.6 is 0 Å². The fourth-order valence-electron chi connectivity index (χ4n) is 2.14. The maximum Gasteiger partial charge on any atom is 0.242 e. The number of nitrogens with zero attached hydrogens (tertiary/aromatic N) is 1. The molecule has 0 spiro atoms. The van der Waals surface area contributed by atoms with Crippen molar-refractivity contribution in [3.05, 3.63) is 24.3 Å². The Balaban J connectivity index is 3.17. The Morgan fingerprint density at radius 3 is 2.48 bits per heavy atom. The molecule has 1 aromatic rings. The highest BCUT2D eigenvalue weighted by Crippen LogP contribution is 2.25. The smallest absolute Gasteiger partial charge is 0.242 e. The molecule has 2 N–H and O–H groups in total. The van der Waals surface area contributed by atoms with E-state index in [-0.39, 0.29) is 17.5 Å². The van der Waals surface area contributed by atoms with Crippen LogP contribution in [-0.2, 0) is 10.0 Å². The molecule has 6 heteroatoms. The summed E-state index contributed by atoms with van der Waals surface area (Å²) in [5.74, 6) is 0. The standard InChI is InChI=1S/C15H26N2O3S/c1-4-5-10-17(11-12-18)14-8-6-7-9-15(14)21(19,20)16-13(2)3/h6-9,13,16,18H,4-5,10-12H2,1-3H3. The van der Waals surface area contributed by atoms with Gasteiger partial charge in [-0.25, -0.2) is 13.1 Å². The quantitative estimate of drug-likeness (QED) is 0.731. The van der Waals surface area contributed by atoms with Crippen LogP contribution in [0.5, 0.6) is 0 Å². The number of sulfonamides is 1. The summed E-state index contributed by atoms with van der Waals surface area (Å²) >= 11 is 0. The molecule has 0 unspecified atom stereocenters.